The number of carbonyl (C=O) groups is 1. The molecule has 1 heterocycles. The Labute approximate surface area is 128 Å². The number of aromatic nitrogens is 2. The van der Waals surface area contributed by atoms with E-state index in [0.717, 1.165) is 22.2 Å². The molecule has 0 saturated heterocycles. The van der Waals surface area contributed by atoms with Crippen molar-refractivity contribution in [1.82, 2.24) is 10.2 Å². The number of hydrogen-bond donors (Lipinski definition) is 2. The molecule has 0 unspecified atom stereocenters. The maximum absolute atomic E-state index is 12.1. The SMILES string of the molecule is COc1ccc2[nH]nc(NC(=O)CCc3ccccc3)c2c1. The summed E-state index contributed by atoms with van der Waals surface area (Å²) in [6.07, 6.45) is 1.13. The molecule has 0 spiro atoms. The van der Waals surface area contributed by atoms with E-state index in [0.29, 0.717) is 18.7 Å². The number of nitrogens with one attached hydrogen (secondary N) is 2. The summed E-state index contributed by atoms with van der Waals surface area (Å²) in [7, 11) is 1.61. The molecule has 0 aliphatic rings. The van der Waals surface area contributed by atoms with Gasteiger partial charge in [0.1, 0.15) is 5.75 Å². The first kappa shape index (κ1) is 14.1. The van der Waals surface area contributed by atoms with Crippen molar-refractivity contribution in [3.63, 3.8) is 0 Å². The molecule has 0 saturated carbocycles. The summed E-state index contributed by atoms with van der Waals surface area (Å²) in [5.41, 5.74) is 2.00. The monoisotopic (exact) mass is 295 g/mol. The van der Waals surface area contributed by atoms with Gasteiger partial charge in [-0.25, -0.2) is 0 Å². The second kappa shape index (κ2) is 6.30. The summed E-state index contributed by atoms with van der Waals surface area (Å²) in [6, 6.07) is 15.5. The standard InChI is InChI=1S/C17H17N3O2/c1-22-13-8-9-15-14(11-13)17(20-19-15)18-16(21)10-7-12-5-3-2-4-6-12/h2-6,8-9,11H,7,10H2,1H3,(H2,18,19,20,21). The molecular formula is C17H17N3O2. The molecule has 0 bridgehead atoms. The third-order valence-electron chi connectivity index (χ3n) is 3.51. The number of methoxy groups -OCH3 is 1. The number of rotatable bonds is 5. The van der Waals surface area contributed by atoms with E-state index in [1.807, 2.05) is 48.5 Å². The highest BCUT2D eigenvalue weighted by Crippen LogP contribution is 2.25. The number of benzene rings is 2. The zero-order chi connectivity index (χ0) is 15.4. The predicted octanol–water partition coefficient (Wildman–Crippen LogP) is 3.14. The van der Waals surface area contributed by atoms with Crippen molar-refractivity contribution >= 4 is 22.6 Å². The van der Waals surface area contributed by atoms with E-state index in [9.17, 15) is 4.79 Å². The number of anilines is 1. The Balaban J connectivity index is 1.68. The molecule has 1 aromatic heterocycles. The van der Waals surface area contributed by atoms with Gasteiger partial charge < -0.3 is 10.1 Å². The highest BCUT2D eigenvalue weighted by Gasteiger charge is 2.10. The van der Waals surface area contributed by atoms with Crippen LogP contribution in [-0.4, -0.2) is 23.2 Å². The van der Waals surface area contributed by atoms with Crippen LogP contribution in [0.1, 0.15) is 12.0 Å². The van der Waals surface area contributed by atoms with Gasteiger partial charge in [0.05, 0.1) is 12.6 Å². The maximum Gasteiger partial charge on any atom is 0.225 e. The minimum absolute atomic E-state index is 0.0555. The zero-order valence-electron chi connectivity index (χ0n) is 12.3. The van der Waals surface area contributed by atoms with Crippen LogP contribution < -0.4 is 10.1 Å². The first-order valence-electron chi connectivity index (χ1n) is 7.12. The van der Waals surface area contributed by atoms with E-state index < -0.39 is 0 Å². The molecule has 5 nitrogen and oxygen atoms in total. The fourth-order valence-corrected chi connectivity index (χ4v) is 2.31. The van der Waals surface area contributed by atoms with E-state index in [2.05, 4.69) is 15.5 Å². The third-order valence-corrected chi connectivity index (χ3v) is 3.51. The smallest absolute Gasteiger partial charge is 0.225 e. The molecule has 3 aromatic rings. The number of nitrogens with zero attached hydrogens (tertiary/aromatic N) is 1. The van der Waals surface area contributed by atoms with Crippen molar-refractivity contribution < 1.29 is 9.53 Å². The molecule has 0 atom stereocenters. The number of fused-ring (bicyclic) bond motifs is 1. The van der Waals surface area contributed by atoms with Crippen LogP contribution in [-0.2, 0) is 11.2 Å². The zero-order valence-corrected chi connectivity index (χ0v) is 12.3. The number of aryl methyl sites for hydroxylation is 1. The molecule has 0 aliphatic heterocycles. The lowest BCUT2D eigenvalue weighted by Gasteiger charge is -2.04. The van der Waals surface area contributed by atoms with Gasteiger partial charge in [0.15, 0.2) is 5.82 Å². The van der Waals surface area contributed by atoms with E-state index in [1.165, 1.54) is 0 Å². The summed E-state index contributed by atoms with van der Waals surface area (Å²) in [5, 5.41) is 10.7. The lowest BCUT2D eigenvalue weighted by molar-refractivity contribution is -0.116. The van der Waals surface area contributed by atoms with E-state index >= 15 is 0 Å². The Kier molecular flexibility index (Phi) is 4.05. The van der Waals surface area contributed by atoms with Crippen molar-refractivity contribution in [2.24, 2.45) is 0 Å². The normalized spacial score (nSPS) is 10.6. The van der Waals surface area contributed by atoms with Crippen LogP contribution in [0.15, 0.2) is 48.5 Å². The van der Waals surface area contributed by atoms with Gasteiger partial charge in [0, 0.05) is 11.8 Å². The molecule has 0 radical (unpaired) electrons. The lowest BCUT2D eigenvalue weighted by Crippen LogP contribution is -2.12. The fraction of sp³-hybridized carbons (Fsp3) is 0.176. The summed E-state index contributed by atoms with van der Waals surface area (Å²) in [6.45, 7) is 0. The Morgan fingerprint density at radius 2 is 2.05 bits per heavy atom. The van der Waals surface area contributed by atoms with Crippen molar-refractivity contribution in [3.05, 3.63) is 54.1 Å². The lowest BCUT2D eigenvalue weighted by atomic mass is 10.1. The number of hydrogen-bond acceptors (Lipinski definition) is 3. The Hall–Kier alpha value is -2.82. The van der Waals surface area contributed by atoms with Crippen molar-refractivity contribution in [1.29, 1.82) is 0 Å². The van der Waals surface area contributed by atoms with Crippen LogP contribution in [0.4, 0.5) is 5.82 Å². The second-order valence-corrected chi connectivity index (χ2v) is 5.02. The summed E-state index contributed by atoms with van der Waals surface area (Å²) in [5.74, 6) is 1.21. The Morgan fingerprint density at radius 3 is 2.82 bits per heavy atom. The highest BCUT2D eigenvalue weighted by molar-refractivity contribution is 6.00. The molecule has 2 aromatic carbocycles. The van der Waals surface area contributed by atoms with Crippen LogP contribution in [0.2, 0.25) is 0 Å². The third kappa shape index (κ3) is 3.09. The molecule has 0 fully saturated rings. The Bertz CT molecular complexity index is 781. The summed E-state index contributed by atoms with van der Waals surface area (Å²) < 4.78 is 5.20. The van der Waals surface area contributed by atoms with Gasteiger partial charge in [-0.05, 0) is 30.2 Å². The largest absolute Gasteiger partial charge is 0.497 e. The average molecular weight is 295 g/mol. The minimum atomic E-state index is -0.0555. The number of aromatic amines is 1. The van der Waals surface area contributed by atoms with Crippen molar-refractivity contribution in [2.75, 3.05) is 12.4 Å². The van der Waals surface area contributed by atoms with Crippen LogP contribution in [0.3, 0.4) is 0 Å². The molecule has 0 aliphatic carbocycles. The number of ether oxygens (including phenoxy) is 1. The van der Waals surface area contributed by atoms with Crippen LogP contribution in [0, 0.1) is 0 Å². The van der Waals surface area contributed by atoms with Gasteiger partial charge in [-0.15, -0.1) is 0 Å². The van der Waals surface area contributed by atoms with Gasteiger partial charge in [0.2, 0.25) is 5.91 Å². The van der Waals surface area contributed by atoms with E-state index in [-0.39, 0.29) is 5.91 Å². The van der Waals surface area contributed by atoms with Crippen LogP contribution in [0.25, 0.3) is 10.9 Å². The topological polar surface area (TPSA) is 67.0 Å². The number of H-pyrrole nitrogens is 1. The van der Waals surface area contributed by atoms with Crippen LogP contribution >= 0.6 is 0 Å². The molecular weight excluding hydrogens is 278 g/mol. The van der Waals surface area contributed by atoms with Gasteiger partial charge in [-0.2, -0.15) is 5.10 Å². The summed E-state index contributed by atoms with van der Waals surface area (Å²) >= 11 is 0. The van der Waals surface area contributed by atoms with E-state index in [1.54, 1.807) is 7.11 Å². The summed E-state index contributed by atoms with van der Waals surface area (Å²) in [4.78, 5) is 12.1. The molecule has 3 rings (SSSR count). The quantitative estimate of drug-likeness (QED) is 0.760. The average Bonchev–Trinajstić information content (AvgIpc) is 2.96. The number of carbonyl (C=O) groups excluding carboxylic acids is 1. The molecule has 2 N–H and O–H groups in total. The van der Waals surface area contributed by atoms with Gasteiger partial charge in [-0.1, -0.05) is 30.3 Å². The van der Waals surface area contributed by atoms with Crippen molar-refractivity contribution in [3.8, 4) is 5.75 Å². The van der Waals surface area contributed by atoms with Gasteiger partial charge >= 0.3 is 0 Å². The minimum Gasteiger partial charge on any atom is -0.497 e. The highest BCUT2D eigenvalue weighted by atomic mass is 16.5. The first-order chi connectivity index (χ1) is 10.8. The molecule has 112 valence electrons. The number of amides is 1. The van der Waals surface area contributed by atoms with E-state index in [4.69, 9.17) is 4.74 Å². The fourth-order valence-electron chi connectivity index (χ4n) is 2.31. The van der Waals surface area contributed by atoms with Crippen LogP contribution in [0.5, 0.6) is 5.75 Å². The van der Waals surface area contributed by atoms with Crippen molar-refractivity contribution in [2.45, 2.75) is 12.8 Å². The second-order valence-electron chi connectivity index (χ2n) is 5.02. The van der Waals surface area contributed by atoms with Gasteiger partial charge in [0.25, 0.3) is 0 Å². The maximum atomic E-state index is 12.1. The molecule has 22 heavy (non-hydrogen) atoms. The Morgan fingerprint density at radius 1 is 1.23 bits per heavy atom. The predicted molar refractivity (Wildman–Crippen MR) is 86.0 cm³/mol. The molecule has 1 amide bonds. The molecule has 5 heteroatoms. The van der Waals surface area contributed by atoms with Gasteiger partial charge in [-0.3, -0.25) is 9.89 Å². The first-order valence-corrected chi connectivity index (χ1v) is 7.12.